The van der Waals surface area contributed by atoms with Crippen molar-refractivity contribution in [2.45, 2.75) is 25.8 Å². The number of carbonyl (C=O) groups is 2. The number of nitrogen functional groups attached to an aromatic ring is 1. The van der Waals surface area contributed by atoms with E-state index in [0.717, 1.165) is 4.90 Å². The zero-order chi connectivity index (χ0) is 16.0. The normalized spacial score (nSPS) is 19.0. The maximum atomic E-state index is 12.8. The van der Waals surface area contributed by atoms with Crippen molar-refractivity contribution in [2.24, 2.45) is 0 Å². The maximum absolute atomic E-state index is 12.8. The van der Waals surface area contributed by atoms with Crippen molar-refractivity contribution >= 4 is 28.4 Å². The van der Waals surface area contributed by atoms with Crippen LogP contribution in [0.2, 0.25) is 0 Å². The first-order chi connectivity index (χ1) is 10.4. The van der Waals surface area contributed by atoms with Gasteiger partial charge in [0, 0.05) is 19.2 Å². The molecule has 0 aliphatic carbocycles. The molecule has 1 fully saturated rings. The molecule has 7 nitrogen and oxygen atoms in total. The fourth-order valence-electron chi connectivity index (χ4n) is 2.88. The predicted octanol–water partition coefficient (Wildman–Crippen LogP) is 0.607. The highest BCUT2D eigenvalue weighted by atomic mass is 16.2. The van der Waals surface area contributed by atoms with E-state index in [1.54, 1.807) is 25.1 Å². The average molecular weight is 300 g/mol. The monoisotopic (exact) mass is 300 g/mol. The molecule has 7 heteroatoms. The predicted molar refractivity (Wildman–Crippen MR) is 81.2 cm³/mol. The summed E-state index contributed by atoms with van der Waals surface area (Å²) in [6.07, 6.45) is 0.518. The molecule has 3 rings (SSSR count). The van der Waals surface area contributed by atoms with E-state index < -0.39 is 11.9 Å². The third kappa shape index (κ3) is 1.97. The molecule has 0 spiro atoms. The van der Waals surface area contributed by atoms with Gasteiger partial charge < -0.3 is 5.73 Å². The van der Waals surface area contributed by atoms with Gasteiger partial charge in [0.1, 0.15) is 11.9 Å². The third-order valence-electron chi connectivity index (χ3n) is 4.07. The minimum Gasteiger partial charge on any atom is -0.398 e. The second-order valence-electron chi connectivity index (χ2n) is 5.42. The number of carbonyl (C=O) groups excluding carboxylic acids is 2. The quantitative estimate of drug-likeness (QED) is 0.614. The Morgan fingerprint density at radius 2 is 2.00 bits per heavy atom. The molecule has 2 amide bonds. The Labute approximate surface area is 126 Å². The van der Waals surface area contributed by atoms with Crippen LogP contribution in [0.4, 0.5) is 5.69 Å². The van der Waals surface area contributed by atoms with E-state index in [4.69, 9.17) is 5.73 Å². The van der Waals surface area contributed by atoms with E-state index in [0.29, 0.717) is 28.8 Å². The van der Waals surface area contributed by atoms with Crippen LogP contribution in [0.25, 0.3) is 10.9 Å². The molecule has 0 radical (unpaired) electrons. The van der Waals surface area contributed by atoms with Gasteiger partial charge >= 0.3 is 0 Å². The summed E-state index contributed by atoms with van der Waals surface area (Å²) in [4.78, 5) is 42.2. The van der Waals surface area contributed by atoms with Crippen LogP contribution in [-0.2, 0) is 9.59 Å². The Balaban J connectivity index is 2.24. The van der Waals surface area contributed by atoms with Gasteiger partial charge in [-0.3, -0.25) is 23.9 Å². The van der Waals surface area contributed by atoms with Gasteiger partial charge in [0.2, 0.25) is 5.91 Å². The number of nitrogens with two attached hydrogens (primary N) is 1. The lowest BCUT2D eigenvalue weighted by Crippen LogP contribution is -2.46. The van der Waals surface area contributed by atoms with Gasteiger partial charge in [-0.25, -0.2) is 4.98 Å². The van der Waals surface area contributed by atoms with Crippen LogP contribution in [0.5, 0.6) is 0 Å². The Hall–Kier alpha value is -2.70. The number of hydrogen-bond acceptors (Lipinski definition) is 5. The molecule has 2 heterocycles. The van der Waals surface area contributed by atoms with Crippen molar-refractivity contribution in [3.63, 3.8) is 0 Å². The standard InChI is InChI=1S/C15H16N4O3/c1-8-17-10-5-3-4-9(16)13(10)15(22)19(8)11-6-7-12(20)18(2)14(11)21/h3-5,11H,6-7,16H2,1-2H3. The Morgan fingerprint density at radius 3 is 2.73 bits per heavy atom. The largest absolute Gasteiger partial charge is 0.398 e. The van der Waals surface area contributed by atoms with Crippen LogP contribution in [-0.4, -0.2) is 33.3 Å². The summed E-state index contributed by atoms with van der Waals surface area (Å²) in [5.74, 6) is -0.193. The molecule has 1 aliphatic rings. The SMILES string of the molecule is Cc1nc2cccc(N)c2c(=O)n1C1CCC(=O)N(C)C1=O. The first-order valence-corrected chi connectivity index (χ1v) is 6.99. The number of imide groups is 1. The minimum absolute atomic E-state index is 0.223. The number of amides is 2. The van der Waals surface area contributed by atoms with Crippen LogP contribution < -0.4 is 11.3 Å². The number of benzene rings is 1. The van der Waals surface area contributed by atoms with E-state index in [2.05, 4.69) is 4.98 Å². The molecule has 114 valence electrons. The summed E-state index contributed by atoms with van der Waals surface area (Å²) in [7, 11) is 1.43. The van der Waals surface area contributed by atoms with Gasteiger partial charge in [0.05, 0.1) is 10.9 Å². The first kappa shape index (κ1) is 14.2. The van der Waals surface area contributed by atoms with Crippen molar-refractivity contribution in [3.8, 4) is 0 Å². The van der Waals surface area contributed by atoms with Crippen molar-refractivity contribution < 1.29 is 9.59 Å². The van der Waals surface area contributed by atoms with Crippen molar-refractivity contribution in [1.82, 2.24) is 14.5 Å². The number of hydrogen-bond donors (Lipinski definition) is 1. The summed E-state index contributed by atoms with van der Waals surface area (Å²) >= 11 is 0. The molecule has 22 heavy (non-hydrogen) atoms. The van der Waals surface area contributed by atoms with Crippen molar-refractivity contribution in [2.75, 3.05) is 12.8 Å². The number of anilines is 1. The highest BCUT2D eigenvalue weighted by Gasteiger charge is 2.34. The average Bonchev–Trinajstić information content (AvgIpc) is 2.47. The molecule has 1 saturated heterocycles. The van der Waals surface area contributed by atoms with E-state index in [9.17, 15) is 14.4 Å². The fraction of sp³-hybridized carbons (Fsp3) is 0.333. The van der Waals surface area contributed by atoms with E-state index >= 15 is 0 Å². The van der Waals surface area contributed by atoms with Gasteiger partial charge in [-0.15, -0.1) is 0 Å². The highest BCUT2D eigenvalue weighted by molar-refractivity contribution is 5.99. The molecule has 1 aliphatic heterocycles. The van der Waals surface area contributed by atoms with Gasteiger partial charge in [-0.2, -0.15) is 0 Å². The van der Waals surface area contributed by atoms with E-state index in [-0.39, 0.29) is 17.9 Å². The van der Waals surface area contributed by atoms with Crippen molar-refractivity contribution in [3.05, 3.63) is 34.4 Å². The summed E-state index contributed by atoms with van der Waals surface area (Å²) in [6.45, 7) is 1.67. The van der Waals surface area contributed by atoms with Gasteiger partial charge in [0.15, 0.2) is 0 Å². The molecule has 0 bridgehead atoms. The maximum Gasteiger partial charge on any atom is 0.264 e. The first-order valence-electron chi connectivity index (χ1n) is 6.99. The number of aryl methyl sites for hydroxylation is 1. The molecule has 1 aromatic heterocycles. The molecule has 2 aromatic rings. The van der Waals surface area contributed by atoms with E-state index in [1.807, 2.05) is 0 Å². The molecule has 0 saturated carbocycles. The number of piperidine rings is 1. The second-order valence-corrected chi connectivity index (χ2v) is 5.42. The molecule has 1 atom stereocenters. The lowest BCUT2D eigenvalue weighted by molar-refractivity contribution is -0.149. The number of likely N-dealkylation sites (N-methyl/N-ethyl adjacent to an activating group) is 1. The number of fused-ring (bicyclic) bond motifs is 1. The zero-order valence-corrected chi connectivity index (χ0v) is 12.4. The lowest BCUT2D eigenvalue weighted by Gasteiger charge is -2.29. The summed E-state index contributed by atoms with van der Waals surface area (Å²) in [6, 6.07) is 4.35. The Kier molecular flexibility index (Phi) is 3.20. The smallest absolute Gasteiger partial charge is 0.264 e. The number of rotatable bonds is 1. The summed E-state index contributed by atoms with van der Waals surface area (Å²) in [5, 5.41) is 0.306. The lowest BCUT2D eigenvalue weighted by atomic mass is 10.0. The van der Waals surface area contributed by atoms with Crippen molar-refractivity contribution in [1.29, 1.82) is 0 Å². The molecular weight excluding hydrogens is 284 g/mol. The molecule has 1 aromatic carbocycles. The topological polar surface area (TPSA) is 98.3 Å². The number of nitrogens with zero attached hydrogens (tertiary/aromatic N) is 3. The minimum atomic E-state index is -0.716. The highest BCUT2D eigenvalue weighted by Crippen LogP contribution is 2.24. The molecular formula is C15H16N4O3. The van der Waals surface area contributed by atoms with Crippen LogP contribution in [0.3, 0.4) is 0 Å². The zero-order valence-electron chi connectivity index (χ0n) is 12.4. The van der Waals surface area contributed by atoms with Crippen LogP contribution in [0.15, 0.2) is 23.0 Å². The number of aromatic nitrogens is 2. The fourth-order valence-corrected chi connectivity index (χ4v) is 2.88. The second kappa shape index (κ2) is 4.94. The van der Waals surface area contributed by atoms with Gasteiger partial charge in [-0.1, -0.05) is 6.07 Å². The summed E-state index contributed by atoms with van der Waals surface area (Å²) in [5.41, 5.74) is 6.38. The molecule has 2 N–H and O–H groups in total. The Morgan fingerprint density at radius 1 is 1.27 bits per heavy atom. The number of likely N-dealkylation sites (tertiary alicyclic amines) is 1. The van der Waals surface area contributed by atoms with Crippen LogP contribution >= 0.6 is 0 Å². The van der Waals surface area contributed by atoms with Gasteiger partial charge in [-0.05, 0) is 25.5 Å². The van der Waals surface area contributed by atoms with E-state index in [1.165, 1.54) is 11.6 Å². The summed E-state index contributed by atoms with van der Waals surface area (Å²) < 4.78 is 1.35. The third-order valence-corrected chi connectivity index (χ3v) is 4.07. The van der Waals surface area contributed by atoms with Gasteiger partial charge in [0.25, 0.3) is 11.5 Å². The Bertz CT molecular complexity index is 856. The molecule has 1 unspecified atom stereocenters. The van der Waals surface area contributed by atoms with Crippen LogP contribution in [0, 0.1) is 6.92 Å². The van der Waals surface area contributed by atoms with Crippen LogP contribution in [0.1, 0.15) is 24.7 Å².